The summed E-state index contributed by atoms with van der Waals surface area (Å²) in [6, 6.07) is 6.41. The van der Waals surface area contributed by atoms with E-state index in [0.717, 1.165) is 0 Å². The molecule has 0 amide bonds. The molecule has 0 aliphatic carbocycles. The maximum atomic E-state index is 9.93. The maximum Gasteiger partial charge on any atom is 0.206 e. The van der Waals surface area contributed by atoms with Gasteiger partial charge in [0.25, 0.3) is 0 Å². The number of phenols is 3. The van der Waals surface area contributed by atoms with E-state index in [2.05, 4.69) is 10.1 Å². The molecule has 0 bridgehead atoms. The number of furan rings is 1. The van der Waals surface area contributed by atoms with Crippen molar-refractivity contribution in [3.05, 3.63) is 46.3 Å². The third-order valence-electron chi connectivity index (χ3n) is 3.30. The first-order valence-corrected chi connectivity index (χ1v) is 8.42. The van der Waals surface area contributed by atoms with Crippen molar-refractivity contribution in [2.24, 2.45) is 10.1 Å². The van der Waals surface area contributed by atoms with Gasteiger partial charge < -0.3 is 19.7 Å². The van der Waals surface area contributed by atoms with Crippen molar-refractivity contribution in [1.29, 1.82) is 0 Å². The molecule has 0 saturated heterocycles. The summed E-state index contributed by atoms with van der Waals surface area (Å²) in [5, 5.41) is 35.2. The summed E-state index contributed by atoms with van der Waals surface area (Å²) >= 11 is 1.42. The Hall–Kier alpha value is -3.00. The van der Waals surface area contributed by atoms with Gasteiger partial charge in [-0.2, -0.15) is 5.10 Å². The molecule has 0 saturated carbocycles. The lowest BCUT2D eigenvalue weighted by atomic mass is 10.2. The Morgan fingerprint density at radius 2 is 1.96 bits per heavy atom. The molecule has 0 unspecified atom stereocenters. The molecule has 2 aromatic heterocycles. The van der Waals surface area contributed by atoms with Crippen molar-refractivity contribution < 1.29 is 19.7 Å². The van der Waals surface area contributed by atoms with Gasteiger partial charge in [0.05, 0.1) is 12.5 Å². The lowest BCUT2D eigenvalue weighted by Crippen LogP contribution is -2.14. The van der Waals surface area contributed by atoms with Crippen LogP contribution in [0.4, 0.5) is 0 Å². The van der Waals surface area contributed by atoms with Crippen molar-refractivity contribution in [3.8, 4) is 28.7 Å². The fourth-order valence-electron chi connectivity index (χ4n) is 2.12. The van der Waals surface area contributed by atoms with Gasteiger partial charge in [-0.15, -0.1) is 11.3 Å². The highest BCUT2D eigenvalue weighted by Crippen LogP contribution is 2.36. The van der Waals surface area contributed by atoms with Crippen LogP contribution in [0.2, 0.25) is 0 Å². The lowest BCUT2D eigenvalue weighted by molar-refractivity contribution is 0.367. The summed E-state index contributed by atoms with van der Waals surface area (Å²) in [7, 11) is 0. The van der Waals surface area contributed by atoms with Gasteiger partial charge in [-0.1, -0.05) is 0 Å². The number of hydrogen-bond donors (Lipinski definition) is 3. The van der Waals surface area contributed by atoms with E-state index in [9.17, 15) is 15.3 Å². The zero-order chi connectivity index (χ0) is 18.0. The van der Waals surface area contributed by atoms with Crippen molar-refractivity contribution in [3.63, 3.8) is 0 Å². The Morgan fingerprint density at radius 1 is 1.16 bits per heavy atom. The summed E-state index contributed by atoms with van der Waals surface area (Å²) < 4.78 is 7.04. The van der Waals surface area contributed by atoms with Crippen LogP contribution in [0.3, 0.4) is 0 Å². The summed E-state index contributed by atoms with van der Waals surface area (Å²) in [5.41, 5.74) is 0.975. The molecule has 8 heteroatoms. The van der Waals surface area contributed by atoms with Crippen LogP contribution in [-0.2, 0) is 0 Å². The van der Waals surface area contributed by atoms with Crippen LogP contribution in [0, 0.1) is 0 Å². The predicted molar refractivity (Wildman–Crippen MR) is 95.1 cm³/mol. The van der Waals surface area contributed by atoms with Gasteiger partial charge in [0.1, 0.15) is 5.69 Å². The fourth-order valence-corrected chi connectivity index (χ4v) is 3.07. The molecule has 2 heterocycles. The summed E-state index contributed by atoms with van der Waals surface area (Å²) in [5.74, 6) is -0.792. The molecule has 3 aromatic rings. The van der Waals surface area contributed by atoms with Crippen LogP contribution in [0.15, 0.2) is 50.4 Å². The van der Waals surface area contributed by atoms with E-state index in [1.165, 1.54) is 29.7 Å². The predicted octanol–water partition coefficient (Wildman–Crippen LogP) is 3.12. The van der Waals surface area contributed by atoms with E-state index in [1.807, 2.05) is 25.3 Å². The minimum absolute atomic E-state index is 0.0793. The average molecular weight is 359 g/mol. The molecular weight excluding hydrogens is 342 g/mol. The normalized spacial score (nSPS) is 12.5. The third kappa shape index (κ3) is 3.43. The van der Waals surface area contributed by atoms with Crippen LogP contribution < -0.4 is 4.80 Å². The topological polar surface area (TPSA) is 103 Å². The van der Waals surface area contributed by atoms with Gasteiger partial charge in [0, 0.05) is 17.0 Å². The molecule has 1 aromatic carbocycles. The zero-order valence-corrected chi connectivity index (χ0v) is 14.4. The third-order valence-corrected chi connectivity index (χ3v) is 4.13. The van der Waals surface area contributed by atoms with Crippen molar-refractivity contribution in [1.82, 2.24) is 4.68 Å². The molecular formula is C17H17N3O4S. The molecule has 0 radical (unpaired) electrons. The standard InChI is InChI=1S/C17H17N3O4S/c1-10(2)19-17-20(12(9-25-17)14-4-3-7-24-14)18-8-11-5-6-13(21)16(23)15(11)22/h3-10,21-23H,1-2H3. The summed E-state index contributed by atoms with van der Waals surface area (Å²) in [6.07, 6.45) is 2.96. The van der Waals surface area contributed by atoms with Crippen molar-refractivity contribution in [2.75, 3.05) is 0 Å². The second-order valence-electron chi connectivity index (χ2n) is 5.53. The Balaban J connectivity index is 2.10. The minimum atomic E-state index is -0.586. The van der Waals surface area contributed by atoms with Gasteiger partial charge >= 0.3 is 0 Å². The number of aromatic hydroxyl groups is 3. The van der Waals surface area contributed by atoms with Crippen LogP contribution in [0.5, 0.6) is 17.2 Å². The summed E-state index contributed by atoms with van der Waals surface area (Å²) in [6.45, 7) is 3.92. The lowest BCUT2D eigenvalue weighted by Gasteiger charge is -2.04. The summed E-state index contributed by atoms with van der Waals surface area (Å²) in [4.78, 5) is 5.20. The number of thiazole rings is 1. The second-order valence-corrected chi connectivity index (χ2v) is 6.37. The first-order chi connectivity index (χ1) is 12.0. The van der Waals surface area contributed by atoms with Crippen LogP contribution >= 0.6 is 11.3 Å². The average Bonchev–Trinajstić information content (AvgIpc) is 3.21. The first-order valence-electron chi connectivity index (χ1n) is 7.54. The molecule has 3 N–H and O–H groups in total. The van der Waals surface area contributed by atoms with Crippen LogP contribution in [-0.4, -0.2) is 32.3 Å². The molecule has 0 spiro atoms. The van der Waals surface area contributed by atoms with Gasteiger partial charge in [-0.05, 0) is 38.1 Å². The van der Waals surface area contributed by atoms with Gasteiger partial charge in [0.15, 0.2) is 17.3 Å². The minimum Gasteiger partial charge on any atom is -0.504 e. The number of nitrogens with zero attached hydrogens (tertiary/aromatic N) is 3. The monoisotopic (exact) mass is 359 g/mol. The Labute approximate surface area is 147 Å². The Bertz CT molecular complexity index is 968. The number of benzene rings is 1. The molecule has 3 rings (SSSR count). The molecule has 25 heavy (non-hydrogen) atoms. The van der Waals surface area contributed by atoms with E-state index in [-0.39, 0.29) is 11.6 Å². The highest BCUT2D eigenvalue weighted by Gasteiger charge is 2.12. The molecule has 0 aliphatic rings. The number of rotatable bonds is 4. The molecule has 7 nitrogen and oxygen atoms in total. The number of hydrogen-bond acceptors (Lipinski definition) is 7. The number of phenolic OH excluding ortho intramolecular Hbond substituents is 3. The van der Waals surface area contributed by atoms with Gasteiger partial charge in [-0.25, -0.2) is 4.68 Å². The first kappa shape index (κ1) is 16.8. The zero-order valence-electron chi connectivity index (χ0n) is 13.6. The molecule has 0 fully saturated rings. The van der Waals surface area contributed by atoms with Crippen LogP contribution in [0.1, 0.15) is 19.4 Å². The fraction of sp³-hybridized carbons (Fsp3) is 0.176. The van der Waals surface area contributed by atoms with E-state index >= 15 is 0 Å². The van der Waals surface area contributed by atoms with E-state index in [1.54, 1.807) is 17.0 Å². The Kier molecular flexibility index (Phi) is 4.62. The highest BCUT2D eigenvalue weighted by molar-refractivity contribution is 7.07. The van der Waals surface area contributed by atoms with E-state index in [0.29, 0.717) is 16.3 Å². The molecule has 0 aliphatic heterocycles. The van der Waals surface area contributed by atoms with Gasteiger partial charge in [-0.3, -0.25) is 4.99 Å². The van der Waals surface area contributed by atoms with Gasteiger partial charge in [0.2, 0.25) is 10.6 Å². The largest absolute Gasteiger partial charge is 0.504 e. The van der Waals surface area contributed by atoms with Crippen molar-refractivity contribution >= 4 is 17.6 Å². The van der Waals surface area contributed by atoms with Crippen molar-refractivity contribution in [2.45, 2.75) is 19.9 Å². The SMILES string of the molecule is CC(C)N=c1scc(-c2ccco2)n1N=Cc1ccc(O)c(O)c1O. The quantitative estimate of drug-likeness (QED) is 0.492. The smallest absolute Gasteiger partial charge is 0.206 e. The highest BCUT2D eigenvalue weighted by atomic mass is 32.1. The van der Waals surface area contributed by atoms with E-state index in [4.69, 9.17) is 4.42 Å². The Morgan fingerprint density at radius 3 is 2.64 bits per heavy atom. The van der Waals surface area contributed by atoms with E-state index < -0.39 is 17.2 Å². The second kappa shape index (κ2) is 6.86. The molecule has 0 atom stereocenters. The molecule has 130 valence electrons. The van der Waals surface area contributed by atoms with Crippen LogP contribution in [0.25, 0.3) is 11.5 Å². The maximum absolute atomic E-state index is 9.93. The number of aromatic nitrogens is 1.